The van der Waals surface area contributed by atoms with Crippen LogP contribution < -0.4 is 0 Å². The first-order chi connectivity index (χ1) is 4.68. The zero-order valence-electron chi connectivity index (χ0n) is 6.55. The Balaban J connectivity index is 3.30. The van der Waals surface area contributed by atoms with Crippen LogP contribution in [0, 0.1) is 5.92 Å². The molecule has 0 rings (SSSR count). The van der Waals surface area contributed by atoms with Gasteiger partial charge in [0, 0.05) is 5.54 Å². The zero-order valence-corrected chi connectivity index (χ0v) is 7.30. The number of hydrogen-bond acceptors (Lipinski definition) is 1. The fourth-order valence-electron chi connectivity index (χ4n) is 0.663. The van der Waals surface area contributed by atoms with E-state index in [9.17, 15) is 5.11 Å². The Morgan fingerprint density at radius 3 is 2.50 bits per heavy atom. The molecule has 0 amide bonds. The van der Waals surface area contributed by atoms with Gasteiger partial charge in [-0.3, -0.25) is 0 Å². The van der Waals surface area contributed by atoms with Crippen LogP contribution in [0.1, 0.15) is 26.7 Å². The van der Waals surface area contributed by atoms with Gasteiger partial charge >= 0.3 is 0 Å². The fraction of sp³-hybridized carbons (Fsp3) is 0.750. The van der Waals surface area contributed by atoms with E-state index in [1.165, 1.54) is 5.54 Å². The molecule has 0 aliphatic rings. The first-order valence-corrected chi connectivity index (χ1v) is 4.05. The van der Waals surface area contributed by atoms with Gasteiger partial charge in [0.05, 0.1) is 6.10 Å². The van der Waals surface area contributed by atoms with Crippen molar-refractivity contribution < 1.29 is 5.11 Å². The molecule has 0 saturated carbocycles. The summed E-state index contributed by atoms with van der Waals surface area (Å²) < 4.78 is 0. The van der Waals surface area contributed by atoms with Gasteiger partial charge in [0.2, 0.25) is 0 Å². The van der Waals surface area contributed by atoms with Crippen molar-refractivity contribution in [2.45, 2.75) is 32.8 Å². The molecule has 0 aliphatic heterocycles. The van der Waals surface area contributed by atoms with Crippen molar-refractivity contribution in [3.05, 3.63) is 11.6 Å². The maximum atomic E-state index is 9.28. The molecule has 0 heterocycles. The van der Waals surface area contributed by atoms with E-state index in [0.717, 1.165) is 12.8 Å². The van der Waals surface area contributed by atoms with Crippen molar-refractivity contribution in [1.82, 2.24) is 0 Å². The molecule has 0 aromatic carbocycles. The van der Waals surface area contributed by atoms with E-state index in [4.69, 9.17) is 11.6 Å². The quantitative estimate of drug-likeness (QED) is 0.674. The van der Waals surface area contributed by atoms with E-state index in [0.29, 0.717) is 5.92 Å². The molecule has 0 radical (unpaired) electrons. The summed E-state index contributed by atoms with van der Waals surface area (Å²) in [6.45, 7) is 4.02. The summed E-state index contributed by atoms with van der Waals surface area (Å²) in [7, 11) is 0. The van der Waals surface area contributed by atoms with Crippen LogP contribution in [0.2, 0.25) is 0 Å². The van der Waals surface area contributed by atoms with Gasteiger partial charge in [-0.2, -0.15) is 0 Å². The molecule has 0 aliphatic carbocycles. The number of rotatable bonds is 4. The molecule has 60 valence electrons. The van der Waals surface area contributed by atoms with E-state index in [2.05, 4.69) is 0 Å². The first kappa shape index (κ1) is 9.99. The van der Waals surface area contributed by atoms with E-state index in [-0.39, 0.29) is 6.10 Å². The molecule has 1 atom stereocenters. The van der Waals surface area contributed by atoms with E-state index < -0.39 is 0 Å². The molecular formula is C8H15ClO. The molecule has 1 unspecified atom stereocenters. The number of aliphatic hydroxyl groups excluding tert-OH is 1. The topological polar surface area (TPSA) is 20.2 Å². The molecule has 0 aromatic heterocycles. The second-order valence-electron chi connectivity index (χ2n) is 2.75. The second kappa shape index (κ2) is 5.75. The van der Waals surface area contributed by atoms with Crippen molar-refractivity contribution in [2.24, 2.45) is 5.92 Å². The van der Waals surface area contributed by atoms with Crippen LogP contribution in [0.25, 0.3) is 0 Å². The lowest BCUT2D eigenvalue weighted by atomic mass is 10.0. The van der Waals surface area contributed by atoms with E-state index in [1.807, 2.05) is 19.9 Å². The van der Waals surface area contributed by atoms with Gasteiger partial charge in [-0.1, -0.05) is 31.5 Å². The maximum Gasteiger partial charge on any atom is 0.0566 e. The third kappa shape index (κ3) is 4.83. The van der Waals surface area contributed by atoms with Gasteiger partial charge < -0.3 is 5.11 Å². The van der Waals surface area contributed by atoms with Crippen LogP contribution in [0.4, 0.5) is 0 Å². The third-order valence-corrected chi connectivity index (χ3v) is 1.67. The van der Waals surface area contributed by atoms with Crippen molar-refractivity contribution in [3.63, 3.8) is 0 Å². The molecule has 1 nitrogen and oxygen atoms in total. The molecular weight excluding hydrogens is 148 g/mol. The van der Waals surface area contributed by atoms with Crippen molar-refractivity contribution in [3.8, 4) is 0 Å². The van der Waals surface area contributed by atoms with Crippen molar-refractivity contribution in [1.29, 1.82) is 0 Å². The van der Waals surface area contributed by atoms with Crippen LogP contribution in [0.5, 0.6) is 0 Å². The monoisotopic (exact) mass is 162 g/mol. The lowest BCUT2D eigenvalue weighted by molar-refractivity contribution is 0.117. The smallest absolute Gasteiger partial charge is 0.0566 e. The SMILES string of the molecule is CC(C)C(O)CC/C=C/Cl. The van der Waals surface area contributed by atoms with Gasteiger partial charge in [-0.25, -0.2) is 0 Å². The lowest BCUT2D eigenvalue weighted by Gasteiger charge is -2.11. The van der Waals surface area contributed by atoms with Gasteiger partial charge in [-0.15, -0.1) is 0 Å². The number of hydrogen-bond donors (Lipinski definition) is 1. The van der Waals surface area contributed by atoms with Crippen molar-refractivity contribution >= 4 is 11.6 Å². The molecule has 0 saturated heterocycles. The van der Waals surface area contributed by atoms with Gasteiger partial charge in [0.15, 0.2) is 0 Å². The van der Waals surface area contributed by atoms with E-state index in [1.54, 1.807) is 0 Å². The summed E-state index contributed by atoms with van der Waals surface area (Å²) in [6.07, 6.45) is 3.34. The standard InChI is InChI=1S/C8H15ClO/c1-7(2)8(10)5-3-4-6-9/h4,6-8,10H,3,5H2,1-2H3/b6-4+. The van der Waals surface area contributed by atoms with Crippen LogP contribution in [-0.2, 0) is 0 Å². The first-order valence-electron chi connectivity index (χ1n) is 3.61. The minimum atomic E-state index is -0.187. The van der Waals surface area contributed by atoms with Crippen molar-refractivity contribution in [2.75, 3.05) is 0 Å². The normalized spacial score (nSPS) is 14.9. The van der Waals surface area contributed by atoms with Crippen LogP contribution in [-0.4, -0.2) is 11.2 Å². The molecule has 1 N–H and O–H groups in total. The second-order valence-corrected chi connectivity index (χ2v) is 3.00. The fourth-order valence-corrected chi connectivity index (χ4v) is 0.789. The summed E-state index contributed by atoms with van der Waals surface area (Å²) in [4.78, 5) is 0. The molecule has 0 aromatic rings. The highest BCUT2D eigenvalue weighted by Crippen LogP contribution is 2.08. The Morgan fingerprint density at radius 2 is 2.10 bits per heavy atom. The Kier molecular flexibility index (Phi) is 5.74. The minimum Gasteiger partial charge on any atom is -0.393 e. The van der Waals surface area contributed by atoms with Crippen LogP contribution in [0.3, 0.4) is 0 Å². The van der Waals surface area contributed by atoms with E-state index >= 15 is 0 Å². The summed E-state index contributed by atoms with van der Waals surface area (Å²) in [6, 6.07) is 0. The van der Waals surface area contributed by atoms with Gasteiger partial charge in [-0.05, 0) is 18.8 Å². The minimum absolute atomic E-state index is 0.187. The predicted octanol–water partition coefficient (Wildman–Crippen LogP) is 2.54. The Hall–Kier alpha value is -0.0100. The Labute approximate surface area is 67.7 Å². The molecule has 0 spiro atoms. The average Bonchev–Trinajstić information content (AvgIpc) is 1.88. The summed E-state index contributed by atoms with van der Waals surface area (Å²) in [5.74, 6) is 0.351. The summed E-state index contributed by atoms with van der Waals surface area (Å²) >= 11 is 5.30. The highest BCUT2D eigenvalue weighted by molar-refractivity contribution is 6.25. The highest BCUT2D eigenvalue weighted by Gasteiger charge is 2.06. The summed E-state index contributed by atoms with van der Waals surface area (Å²) in [5, 5.41) is 9.28. The predicted molar refractivity (Wildman–Crippen MR) is 45.1 cm³/mol. The molecule has 0 fully saturated rings. The number of allylic oxidation sites excluding steroid dienone is 1. The Morgan fingerprint density at radius 1 is 1.50 bits per heavy atom. The molecule has 2 heteroatoms. The third-order valence-electron chi connectivity index (χ3n) is 1.49. The van der Waals surface area contributed by atoms with Gasteiger partial charge in [0.25, 0.3) is 0 Å². The van der Waals surface area contributed by atoms with Crippen LogP contribution >= 0.6 is 11.6 Å². The zero-order chi connectivity index (χ0) is 7.98. The van der Waals surface area contributed by atoms with Crippen LogP contribution in [0.15, 0.2) is 11.6 Å². The number of aliphatic hydroxyl groups is 1. The molecule has 10 heavy (non-hydrogen) atoms. The number of halogens is 1. The highest BCUT2D eigenvalue weighted by atomic mass is 35.5. The Bertz CT molecular complexity index is 99.4. The maximum absolute atomic E-state index is 9.28. The lowest BCUT2D eigenvalue weighted by Crippen LogP contribution is -2.13. The average molecular weight is 163 g/mol. The van der Waals surface area contributed by atoms with Gasteiger partial charge in [0.1, 0.15) is 0 Å². The largest absolute Gasteiger partial charge is 0.393 e. The summed E-state index contributed by atoms with van der Waals surface area (Å²) in [5.41, 5.74) is 1.49. The molecule has 0 bridgehead atoms.